The Morgan fingerprint density at radius 2 is 1.88 bits per heavy atom. The van der Waals surface area contributed by atoms with Crippen LogP contribution in [0.15, 0.2) is 22.6 Å². The van der Waals surface area contributed by atoms with Crippen LogP contribution >= 0.6 is 0 Å². The number of ether oxygens (including phenoxy) is 2. The van der Waals surface area contributed by atoms with E-state index in [1.165, 1.54) is 13.8 Å². The minimum atomic E-state index is -0.883. The molecule has 2 heterocycles. The first kappa shape index (κ1) is 23.8. The Balaban J connectivity index is 1.66. The van der Waals surface area contributed by atoms with Crippen LogP contribution in [-0.4, -0.2) is 55.7 Å². The summed E-state index contributed by atoms with van der Waals surface area (Å²) < 4.78 is 16.0. The van der Waals surface area contributed by atoms with Gasteiger partial charge < -0.3 is 24.5 Å². The van der Waals surface area contributed by atoms with Crippen molar-refractivity contribution in [2.45, 2.75) is 26.7 Å². The van der Waals surface area contributed by atoms with Gasteiger partial charge in [0.15, 0.2) is 17.3 Å². The highest BCUT2D eigenvalue weighted by Gasteiger charge is 2.35. The number of nitrogens with one attached hydrogen (secondary N) is 1. The molecule has 1 aliphatic heterocycles. The molecule has 1 aromatic carbocycles. The third-order valence-electron chi connectivity index (χ3n) is 5.62. The van der Waals surface area contributed by atoms with Crippen molar-refractivity contribution in [3.8, 4) is 11.5 Å². The van der Waals surface area contributed by atoms with E-state index < -0.39 is 23.5 Å². The molecular weight excluding hydrogens is 430 g/mol. The smallest absolute Gasteiger partial charge is 0.255 e. The summed E-state index contributed by atoms with van der Waals surface area (Å²) in [6, 6.07) is 5.54. The molecule has 0 bridgehead atoms. The number of ketones is 1. The molecule has 176 valence electrons. The molecule has 0 spiro atoms. The quantitative estimate of drug-likeness (QED) is 0.548. The summed E-state index contributed by atoms with van der Waals surface area (Å²) in [6.07, 6.45) is 0.606. The zero-order valence-corrected chi connectivity index (χ0v) is 19.0. The molecule has 0 saturated carbocycles. The molecule has 33 heavy (non-hydrogen) atoms. The molecule has 1 unspecified atom stereocenters. The Morgan fingerprint density at radius 1 is 1.18 bits per heavy atom. The van der Waals surface area contributed by atoms with E-state index in [0.717, 1.165) is 5.56 Å². The Labute approximate surface area is 191 Å². The molecule has 1 fully saturated rings. The fourth-order valence-electron chi connectivity index (χ4n) is 3.97. The second-order valence-electron chi connectivity index (χ2n) is 7.83. The second-order valence-corrected chi connectivity index (χ2v) is 7.83. The van der Waals surface area contributed by atoms with Gasteiger partial charge in [-0.1, -0.05) is 6.07 Å². The van der Waals surface area contributed by atoms with Crippen molar-refractivity contribution in [2.24, 2.45) is 11.7 Å². The molecule has 10 heteroatoms. The number of rotatable bonds is 9. The number of carbonyl (C=O) groups excluding carboxylic acids is 4. The topological polar surface area (TPSA) is 141 Å². The Kier molecular flexibility index (Phi) is 7.05. The number of hydrogen-bond acceptors (Lipinski definition) is 7. The number of likely N-dealkylation sites (tertiary alicyclic amines) is 1. The first-order valence-corrected chi connectivity index (χ1v) is 10.4. The molecule has 2 aromatic rings. The number of anilines is 1. The third-order valence-corrected chi connectivity index (χ3v) is 5.62. The predicted octanol–water partition coefficient (Wildman–Crippen LogP) is 1.94. The first-order valence-electron chi connectivity index (χ1n) is 10.4. The lowest BCUT2D eigenvalue weighted by molar-refractivity contribution is -0.128. The van der Waals surface area contributed by atoms with Crippen LogP contribution in [0.4, 0.5) is 5.88 Å². The van der Waals surface area contributed by atoms with Gasteiger partial charge in [-0.05, 0) is 38.0 Å². The first-order chi connectivity index (χ1) is 15.7. The highest BCUT2D eigenvalue weighted by molar-refractivity contribution is 6.12. The molecule has 3 amide bonds. The van der Waals surface area contributed by atoms with Crippen molar-refractivity contribution in [2.75, 3.05) is 32.6 Å². The van der Waals surface area contributed by atoms with Crippen molar-refractivity contribution < 1.29 is 33.1 Å². The number of methoxy groups -OCH3 is 2. The van der Waals surface area contributed by atoms with Gasteiger partial charge in [-0.2, -0.15) is 0 Å². The molecule has 1 aliphatic rings. The van der Waals surface area contributed by atoms with Crippen LogP contribution in [0.5, 0.6) is 11.5 Å². The molecule has 1 aromatic heterocycles. The number of primary amides is 1. The molecule has 0 aliphatic carbocycles. The Bertz CT molecular complexity index is 1110. The Hall–Kier alpha value is -3.82. The van der Waals surface area contributed by atoms with Gasteiger partial charge in [-0.15, -0.1) is 0 Å². The van der Waals surface area contributed by atoms with E-state index in [2.05, 4.69) is 5.32 Å². The van der Waals surface area contributed by atoms with E-state index in [4.69, 9.17) is 19.6 Å². The molecule has 10 nitrogen and oxygen atoms in total. The van der Waals surface area contributed by atoms with Gasteiger partial charge in [-0.25, -0.2) is 0 Å². The fraction of sp³-hybridized carbons (Fsp3) is 0.391. The number of carbonyl (C=O) groups is 4. The maximum atomic E-state index is 12.8. The van der Waals surface area contributed by atoms with E-state index in [1.54, 1.807) is 25.2 Å². The zero-order valence-electron chi connectivity index (χ0n) is 19.0. The van der Waals surface area contributed by atoms with Gasteiger partial charge in [0.1, 0.15) is 11.3 Å². The number of hydrogen-bond donors (Lipinski definition) is 2. The van der Waals surface area contributed by atoms with E-state index in [-0.39, 0.29) is 41.6 Å². The number of nitrogens with zero attached hydrogens (tertiary/aromatic N) is 1. The maximum absolute atomic E-state index is 12.8. The number of furan rings is 1. The fourth-order valence-corrected chi connectivity index (χ4v) is 3.97. The highest BCUT2D eigenvalue weighted by atomic mass is 16.5. The maximum Gasteiger partial charge on any atom is 0.255 e. The highest BCUT2D eigenvalue weighted by Crippen LogP contribution is 2.30. The van der Waals surface area contributed by atoms with Gasteiger partial charge in [0.2, 0.25) is 17.7 Å². The lowest BCUT2D eigenvalue weighted by atomic mass is 10.1. The standard InChI is InChI=1S/C23H27N3O7/c1-12(27)19-13(2)33-23(20(19)21(24)29)25-22(30)15-10-18(28)26(11-15)8-7-14-5-6-16(31-3)17(9-14)32-4/h5-6,9,15H,7-8,10-11H2,1-4H3,(H2,24,29)(H,25,30). The van der Waals surface area contributed by atoms with E-state index in [1.807, 2.05) is 12.1 Å². The zero-order chi connectivity index (χ0) is 24.3. The van der Waals surface area contributed by atoms with Crippen LogP contribution in [0, 0.1) is 12.8 Å². The van der Waals surface area contributed by atoms with E-state index in [9.17, 15) is 19.2 Å². The van der Waals surface area contributed by atoms with Gasteiger partial charge in [-0.3, -0.25) is 24.5 Å². The van der Waals surface area contributed by atoms with Crippen molar-refractivity contribution in [3.05, 3.63) is 40.6 Å². The number of amides is 3. The normalized spacial score (nSPS) is 15.5. The lowest BCUT2D eigenvalue weighted by Crippen LogP contribution is -2.30. The average molecular weight is 457 g/mol. The number of benzene rings is 1. The minimum absolute atomic E-state index is 0.0307. The SMILES string of the molecule is COc1ccc(CCN2CC(C(=O)Nc3oc(C)c(C(C)=O)c3C(N)=O)CC2=O)cc1OC. The number of Topliss-reactive ketones (excluding diaryl/α,β-unsaturated/α-hetero) is 1. The summed E-state index contributed by atoms with van der Waals surface area (Å²) >= 11 is 0. The second kappa shape index (κ2) is 9.76. The Morgan fingerprint density at radius 3 is 2.48 bits per heavy atom. The summed E-state index contributed by atoms with van der Waals surface area (Å²) in [7, 11) is 3.11. The van der Waals surface area contributed by atoms with Crippen LogP contribution in [-0.2, 0) is 16.0 Å². The van der Waals surface area contributed by atoms with Crippen molar-refractivity contribution >= 4 is 29.4 Å². The average Bonchev–Trinajstić information content (AvgIpc) is 3.31. The van der Waals surface area contributed by atoms with Crippen LogP contribution in [0.25, 0.3) is 0 Å². The van der Waals surface area contributed by atoms with Crippen molar-refractivity contribution in [3.63, 3.8) is 0 Å². The summed E-state index contributed by atoms with van der Waals surface area (Å²) in [4.78, 5) is 50.6. The van der Waals surface area contributed by atoms with Crippen LogP contribution in [0.2, 0.25) is 0 Å². The van der Waals surface area contributed by atoms with Gasteiger partial charge >= 0.3 is 0 Å². The summed E-state index contributed by atoms with van der Waals surface area (Å²) in [5.74, 6) is -1.31. The molecule has 0 radical (unpaired) electrons. The molecular formula is C23H27N3O7. The van der Waals surface area contributed by atoms with E-state index >= 15 is 0 Å². The molecule has 1 saturated heterocycles. The van der Waals surface area contributed by atoms with E-state index in [0.29, 0.717) is 24.5 Å². The molecule has 3 rings (SSSR count). The summed E-state index contributed by atoms with van der Waals surface area (Å²) in [5.41, 5.74) is 6.23. The molecule has 3 N–H and O–H groups in total. The van der Waals surface area contributed by atoms with Crippen molar-refractivity contribution in [1.29, 1.82) is 0 Å². The van der Waals surface area contributed by atoms with Gasteiger partial charge in [0.05, 0.1) is 25.7 Å². The number of nitrogens with two attached hydrogens (primary N) is 1. The minimum Gasteiger partial charge on any atom is -0.493 e. The summed E-state index contributed by atoms with van der Waals surface area (Å²) in [5, 5.41) is 2.52. The van der Waals surface area contributed by atoms with Crippen LogP contribution in [0.1, 0.15) is 45.4 Å². The number of aryl methyl sites for hydroxylation is 1. The molecule has 1 atom stereocenters. The van der Waals surface area contributed by atoms with Crippen LogP contribution < -0.4 is 20.5 Å². The lowest BCUT2D eigenvalue weighted by Gasteiger charge is -2.17. The van der Waals surface area contributed by atoms with Gasteiger partial charge in [0.25, 0.3) is 5.91 Å². The van der Waals surface area contributed by atoms with Gasteiger partial charge in [0, 0.05) is 19.5 Å². The van der Waals surface area contributed by atoms with Crippen molar-refractivity contribution in [1.82, 2.24) is 4.90 Å². The third kappa shape index (κ3) is 5.00. The monoisotopic (exact) mass is 457 g/mol. The van der Waals surface area contributed by atoms with Crippen LogP contribution in [0.3, 0.4) is 0 Å². The summed E-state index contributed by atoms with van der Waals surface area (Å²) in [6.45, 7) is 3.44. The largest absolute Gasteiger partial charge is 0.493 e. The predicted molar refractivity (Wildman–Crippen MR) is 119 cm³/mol.